The van der Waals surface area contributed by atoms with Crippen LogP contribution in [0.2, 0.25) is 0 Å². The molecule has 11 amide bonds. The van der Waals surface area contributed by atoms with Gasteiger partial charge in [0.1, 0.15) is 59.9 Å². The van der Waals surface area contributed by atoms with Gasteiger partial charge in [-0.25, -0.2) is 0 Å². The molecule has 0 bridgehead atoms. The quantitative estimate of drug-likeness (QED) is 0.0340. The number of unbranched alkanes of at least 4 members (excludes halogenated alkanes) is 5. The minimum atomic E-state index is -2.19. The lowest BCUT2D eigenvalue weighted by Crippen LogP contribution is -2.63. The Morgan fingerprint density at radius 2 is 1.07 bits per heavy atom. The van der Waals surface area contributed by atoms with Crippen LogP contribution in [0.4, 0.5) is 0 Å². The minimum absolute atomic E-state index is 0.0388. The van der Waals surface area contributed by atoms with Crippen molar-refractivity contribution in [2.24, 2.45) is 28.9 Å². The second-order valence-corrected chi connectivity index (χ2v) is 21.3. The van der Waals surface area contributed by atoms with Crippen molar-refractivity contribution in [3.8, 4) is 0 Å². The molecule has 0 aromatic carbocycles. The Bertz CT molecular complexity index is 2120. The second-order valence-electron chi connectivity index (χ2n) is 21.3. The first-order valence-electron chi connectivity index (χ1n) is 28.1. The molecule has 0 spiro atoms. The van der Waals surface area contributed by atoms with Crippen molar-refractivity contribution < 1.29 is 73.2 Å². The van der Waals surface area contributed by atoms with E-state index in [-0.39, 0.29) is 70.6 Å². The average molecular weight is 1160 g/mol. The van der Waals surface area contributed by atoms with E-state index in [1.165, 1.54) is 20.8 Å². The van der Waals surface area contributed by atoms with Crippen LogP contribution in [-0.2, 0) is 52.7 Å². The average Bonchev–Trinajstić information content (AvgIpc) is 4.05. The van der Waals surface area contributed by atoms with Gasteiger partial charge in [0.25, 0.3) is 0 Å². The summed E-state index contributed by atoms with van der Waals surface area (Å²) in [5, 5.41) is 70.1. The number of hydrogen-bond acceptors (Lipinski definition) is 19. The SMILES string of the molecule is CCCCCCCCC(=O)N[C@@H](CCN)C(=O)N[C@H](C(=O)NC1(C(=O)N[C@H]2CCNC(=O)[C@H]([C@@H](C)O)NC(=O)[C@H](CCN)NC(=O)[C@H](CCN)NC(=O)[C@H]([C@@H](C)O)NC(=O)[C@@H](CC(C)C)NC(=O)[C@H](CCN)NC2=O)CC1O)[C@@H](C)O. The summed E-state index contributed by atoms with van der Waals surface area (Å²) in [4.78, 5) is 152. The Kier molecular flexibility index (Phi) is 31.2. The fourth-order valence-corrected chi connectivity index (χ4v) is 8.82. The number of aliphatic hydroxyl groups is 4. The lowest BCUT2D eigenvalue weighted by Gasteiger charge is -2.29. The van der Waals surface area contributed by atoms with Crippen LogP contribution < -0.4 is 81.4 Å². The summed E-state index contributed by atoms with van der Waals surface area (Å²) in [7, 11) is 0. The summed E-state index contributed by atoms with van der Waals surface area (Å²) in [6.07, 6.45) is -2.53. The third-order valence-corrected chi connectivity index (χ3v) is 13.7. The molecule has 1 heterocycles. The Balaban J connectivity index is 2.60. The molecule has 14 atom stereocenters. The van der Waals surface area contributed by atoms with E-state index < -0.39 is 169 Å². The van der Waals surface area contributed by atoms with Crippen molar-refractivity contribution in [2.45, 2.75) is 216 Å². The highest BCUT2D eigenvalue weighted by molar-refractivity contribution is 6.01. The summed E-state index contributed by atoms with van der Waals surface area (Å²) >= 11 is 0. The summed E-state index contributed by atoms with van der Waals surface area (Å²) in [5.74, 6) is -11.0. The highest BCUT2D eigenvalue weighted by Crippen LogP contribution is 2.37. The zero-order valence-corrected chi connectivity index (χ0v) is 47.6. The minimum Gasteiger partial charge on any atom is -0.391 e. The molecule has 2 fully saturated rings. The van der Waals surface area contributed by atoms with E-state index in [1.807, 2.05) is 0 Å². The topological polar surface area (TPSA) is 505 Å². The standard InChI is InChI=1S/C51H93N15O15/c1-7-8-9-10-11-12-13-37(71)57-30(14-19-52)44(75)65-40(29(6)69)49(80)66-51(25-36(51)70)50(81)62-34-18-23-56-47(78)38(27(4)67)63-45(76)33(17-22-55)59-41(72)32(16-21-54)60-48(79)39(28(5)68)64-46(77)35(24-26(2)3)61-42(73)31(15-20-53)58-43(34)74/h26-36,38-40,67-70H,7-25,52-55H2,1-6H3,(H,56,78)(H,57,71)(H,58,74)(H,59,72)(H,60,79)(H,61,73)(H,62,81)(H,63,76)(H,64,77)(H,65,75)(H,66,80)/t27-,28-,29-,30+,31+,32+,33+,34+,35-,36?,38+,39+,40+,51?/m1/s1. The number of nitrogens with two attached hydrogens (primary N) is 4. The molecule has 30 nitrogen and oxygen atoms in total. The van der Waals surface area contributed by atoms with Crippen LogP contribution >= 0.6 is 0 Å². The highest BCUT2D eigenvalue weighted by Gasteiger charge is 2.62. The Hall–Kier alpha value is -6.15. The van der Waals surface area contributed by atoms with Gasteiger partial charge in [-0.2, -0.15) is 0 Å². The number of rotatable bonds is 27. The van der Waals surface area contributed by atoms with Crippen molar-refractivity contribution in [1.82, 2.24) is 58.5 Å². The van der Waals surface area contributed by atoms with Gasteiger partial charge in [0, 0.05) is 19.4 Å². The predicted octanol–water partition coefficient (Wildman–Crippen LogP) is -7.18. The molecule has 0 radical (unpaired) electrons. The van der Waals surface area contributed by atoms with Crippen LogP contribution in [0.1, 0.15) is 131 Å². The molecule has 1 saturated heterocycles. The molecular weight excluding hydrogens is 1060 g/mol. The number of hydrogen-bond donors (Lipinski definition) is 19. The van der Waals surface area contributed by atoms with Gasteiger partial charge in [-0.1, -0.05) is 52.9 Å². The Morgan fingerprint density at radius 3 is 1.56 bits per heavy atom. The fourth-order valence-electron chi connectivity index (χ4n) is 8.82. The third-order valence-electron chi connectivity index (χ3n) is 13.7. The van der Waals surface area contributed by atoms with Crippen LogP contribution in [0, 0.1) is 5.92 Å². The first-order valence-corrected chi connectivity index (χ1v) is 28.1. The van der Waals surface area contributed by atoms with Crippen molar-refractivity contribution in [2.75, 3.05) is 32.7 Å². The van der Waals surface area contributed by atoms with Crippen molar-refractivity contribution >= 4 is 65.0 Å². The van der Waals surface area contributed by atoms with E-state index in [0.717, 1.165) is 32.1 Å². The van der Waals surface area contributed by atoms with Crippen molar-refractivity contribution in [3.05, 3.63) is 0 Å². The number of amides is 11. The molecule has 0 aromatic heterocycles. The molecule has 2 unspecified atom stereocenters. The van der Waals surface area contributed by atoms with Gasteiger partial charge in [-0.05, 0) is 97.8 Å². The first kappa shape index (κ1) is 71.0. The Labute approximate surface area is 472 Å². The largest absolute Gasteiger partial charge is 0.391 e. The van der Waals surface area contributed by atoms with Gasteiger partial charge in [-0.15, -0.1) is 0 Å². The van der Waals surface area contributed by atoms with Gasteiger partial charge < -0.3 is 102 Å². The van der Waals surface area contributed by atoms with Crippen LogP contribution in [-0.4, -0.2) is 202 Å². The zero-order valence-electron chi connectivity index (χ0n) is 47.6. The molecule has 30 heteroatoms. The maximum atomic E-state index is 14.4. The molecule has 2 rings (SSSR count). The molecule has 1 aliphatic carbocycles. The van der Waals surface area contributed by atoms with Gasteiger partial charge in [0.15, 0.2) is 0 Å². The lowest BCUT2D eigenvalue weighted by atomic mass is 10.0. The van der Waals surface area contributed by atoms with E-state index in [4.69, 9.17) is 22.9 Å². The predicted molar refractivity (Wildman–Crippen MR) is 294 cm³/mol. The van der Waals surface area contributed by atoms with Crippen LogP contribution in [0.5, 0.6) is 0 Å². The number of nitrogens with one attached hydrogen (secondary N) is 11. The molecule has 81 heavy (non-hydrogen) atoms. The molecule has 0 aromatic rings. The number of carbonyl (C=O) groups is 11. The Morgan fingerprint density at radius 1 is 0.605 bits per heavy atom. The van der Waals surface area contributed by atoms with Crippen LogP contribution in [0.15, 0.2) is 0 Å². The van der Waals surface area contributed by atoms with Gasteiger partial charge in [0.2, 0.25) is 65.0 Å². The number of aliphatic hydroxyl groups excluding tert-OH is 4. The van der Waals surface area contributed by atoms with Crippen LogP contribution in [0.25, 0.3) is 0 Å². The molecular formula is C51H93N15O15. The van der Waals surface area contributed by atoms with Gasteiger partial charge in [-0.3, -0.25) is 52.7 Å². The summed E-state index contributed by atoms with van der Waals surface area (Å²) in [6, 6.07) is -14.1. The lowest BCUT2D eigenvalue weighted by molar-refractivity contribution is -0.138. The maximum Gasteiger partial charge on any atom is 0.249 e. The second kappa shape index (κ2) is 35.7. The normalized spacial score (nSPS) is 26.5. The van der Waals surface area contributed by atoms with Gasteiger partial charge >= 0.3 is 0 Å². The first-order chi connectivity index (χ1) is 38.2. The van der Waals surface area contributed by atoms with E-state index in [1.54, 1.807) is 13.8 Å². The zero-order chi connectivity index (χ0) is 61.1. The number of carbonyl (C=O) groups excluding carboxylic acids is 11. The van der Waals surface area contributed by atoms with E-state index in [9.17, 15) is 73.2 Å². The van der Waals surface area contributed by atoms with Gasteiger partial charge in [0.05, 0.1) is 24.4 Å². The third kappa shape index (κ3) is 23.3. The molecule has 23 N–H and O–H groups in total. The van der Waals surface area contributed by atoms with Crippen molar-refractivity contribution in [1.29, 1.82) is 0 Å². The molecule has 1 aliphatic heterocycles. The van der Waals surface area contributed by atoms with E-state index in [2.05, 4.69) is 65.4 Å². The summed E-state index contributed by atoms with van der Waals surface area (Å²) in [6.45, 7) is 7.91. The monoisotopic (exact) mass is 1160 g/mol. The van der Waals surface area contributed by atoms with Crippen LogP contribution in [0.3, 0.4) is 0 Å². The fraction of sp³-hybridized carbons (Fsp3) is 0.784. The molecule has 2 aliphatic rings. The summed E-state index contributed by atoms with van der Waals surface area (Å²) < 4.78 is 0. The summed E-state index contributed by atoms with van der Waals surface area (Å²) in [5.41, 5.74) is 21.0. The van der Waals surface area contributed by atoms with Crippen molar-refractivity contribution in [3.63, 3.8) is 0 Å². The molecule has 1 saturated carbocycles. The highest BCUT2D eigenvalue weighted by atomic mass is 16.3. The molecule has 462 valence electrons. The van der Waals surface area contributed by atoms with E-state index in [0.29, 0.717) is 6.42 Å². The maximum absolute atomic E-state index is 14.4. The smallest absolute Gasteiger partial charge is 0.249 e. The van der Waals surface area contributed by atoms with E-state index >= 15 is 0 Å².